The van der Waals surface area contributed by atoms with Crippen molar-refractivity contribution in [1.29, 1.82) is 0 Å². The molecule has 0 radical (unpaired) electrons. The van der Waals surface area contributed by atoms with Crippen molar-refractivity contribution in [3.05, 3.63) is 23.5 Å². The zero-order chi connectivity index (χ0) is 9.97. The minimum Gasteiger partial charge on any atom is -0.492 e. The lowest BCUT2D eigenvalue weighted by molar-refractivity contribution is 0.284. The monoisotopic (exact) mass is 191 g/mol. The van der Waals surface area contributed by atoms with Gasteiger partial charge in [0.05, 0.1) is 12.3 Å². The molecule has 0 N–H and O–H groups in total. The summed E-state index contributed by atoms with van der Waals surface area (Å²) < 4.78 is 5.58. The predicted octanol–water partition coefficient (Wildman–Crippen LogP) is 2.61. The van der Waals surface area contributed by atoms with E-state index in [-0.39, 0.29) is 0 Å². The van der Waals surface area contributed by atoms with E-state index >= 15 is 0 Å². The average Bonchev–Trinajstić information content (AvgIpc) is 2.17. The van der Waals surface area contributed by atoms with E-state index < -0.39 is 0 Å². The van der Waals surface area contributed by atoms with Gasteiger partial charge in [-0.3, -0.25) is 4.98 Å². The minimum atomic E-state index is 0.679. The van der Waals surface area contributed by atoms with Crippen molar-refractivity contribution in [2.45, 2.75) is 33.1 Å². The topological polar surface area (TPSA) is 22.1 Å². The molecule has 0 aliphatic carbocycles. The SMILES string of the molecule is CC(C)Cc1cnc2c(c1)OCCC2. The van der Waals surface area contributed by atoms with Gasteiger partial charge in [0.1, 0.15) is 5.75 Å². The molecule has 0 spiro atoms. The van der Waals surface area contributed by atoms with Gasteiger partial charge in [-0.25, -0.2) is 0 Å². The van der Waals surface area contributed by atoms with Gasteiger partial charge in [-0.15, -0.1) is 0 Å². The molecule has 0 amide bonds. The summed E-state index contributed by atoms with van der Waals surface area (Å²) >= 11 is 0. The van der Waals surface area contributed by atoms with Gasteiger partial charge in [-0.2, -0.15) is 0 Å². The van der Waals surface area contributed by atoms with E-state index in [0.29, 0.717) is 5.92 Å². The van der Waals surface area contributed by atoms with Gasteiger partial charge < -0.3 is 4.74 Å². The summed E-state index contributed by atoms with van der Waals surface area (Å²) in [5.74, 6) is 1.69. The van der Waals surface area contributed by atoms with Gasteiger partial charge in [0.15, 0.2) is 0 Å². The van der Waals surface area contributed by atoms with E-state index in [1.54, 1.807) is 0 Å². The van der Waals surface area contributed by atoms with Gasteiger partial charge >= 0.3 is 0 Å². The van der Waals surface area contributed by atoms with Crippen LogP contribution in [0, 0.1) is 5.92 Å². The average molecular weight is 191 g/mol. The zero-order valence-electron chi connectivity index (χ0n) is 8.92. The van der Waals surface area contributed by atoms with Gasteiger partial charge in [-0.1, -0.05) is 13.8 Å². The highest BCUT2D eigenvalue weighted by Crippen LogP contribution is 2.24. The highest BCUT2D eigenvalue weighted by Gasteiger charge is 2.12. The number of hydrogen-bond acceptors (Lipinski definition) is 2. The molecule has 0 unspecified atom stereocenters. The van der Waals surface area contributed by atoms with Crippen molar-refractivity contribution in [3.8, 4) is 5.75 Å². The second-order valence-electron chi connectivity index (χ2n) is 4.34. The van der Waals surface area contributed by atoms with Crippen LogP contribution in [0.5, 0.6) is 5.75 Å². The van der Waals surface area contributed by atoms with Crippen LogP contribution in [0.1, 0.15) is 31.5 Å². The first-order chi connectivity index (χ1) is 6.75. The quantitative estimate of drug-likeness (QED) is 0.717. The molecule has 2 heterocycles. The van der Waals surface area contributed by atoms with E-state index in [1.807, 2.05) is 6.20 Å². The van der Waals surface area contributed by atoms with Crippen LogP contribution in [-0.4, -0.2) is 11.6 Å². The lowest BCUT2D eigenvalue weighted by atomic mass is 10.0. The van der Waals surface area contributed by atoms with Crippen molar-refractivity contribution in [2.75, 3.05) is 6.61 Å². The smallest absolute Gasteiger partial charge is 0.141 e. The normalized spacial score (nSPS) is 15.1. The molecule has 1 aliphatic heterocycles. The molecule has 1 aliphatic rings. The molecule has 0 saturated carbocycles. The summed E-state index contributed by atoms with van der Waals surface area (Å²) in [5.41, 5.74) is 2.42. The van der Waals surface area contributed by atoms with Crippen LogP contribution in [0.4, 0.5) is 0 Å². The third kappa shape index (κ3) is 2.06. The summed E-state index contributed by atoms with van der Waals surface area (Å²) in [6, 6.07) is 2.15. The van der Waals surface area contributed by atoms with Crippen molar-refractivity contribution in [3.63, 3.8) is 0 Å². The van der Waals surface area contributed by atoms with Crippen molar-refractivity contribution in [1.82, 2.24) is 4.98 Å². The maximum atomic E-state index is 5.58. The van der Waals surface area contributed by atoms with Gasteiger partial charge in [0.25, 0.3) is 0 Å². The molecule has 0 fully saturated rings. The Balaban J connectivity index is 2.20. The standard InChI is InChI=1S/C12H17NO/c1-9(2)6-10-7-12-11(13-8-10)4-3-5-14-12/h7-9H,3-6H2,1-2H3. The summed E-state index contributed by atoms with van der Waals surface area (Å²) in [7, 11) is 0. The third-order valence-electron chi connectivity index (χ3n) is 2.45. The molecule has 2 heteroatoms. The number of aromatic nitrogens is 1. The second kappa shape index (κ2) is 3.99. The predicted molar refractivity (Wildman–Crippen MR) is 56.6 cm³/mol. The number of aryl methyl sites for hydroxylation is 1. The highest BCUT2D eigenvalue weighted by molar-refractivity contribution is 5.33. The maximum absolute atomic E-state index is 5.58. The first kappa shape index (κ1) is 9.50. The molecule has 1 aromatic heterocycles. The molecule has 1 aromatic rings. The first-order valence-electron chi connectivity index (χ1n) is 5.36. The van der Waals surface area contributed by atoms with E-state index in [1.165, 1.54) is 5.56 Å². The van der Waals surface area contributed by atoms with E-state index in [9.17, 15) is 0 Å². The van der Waals surface area contributed by atoms with Crippen molar-refractivity contribution >= 4 is 0 Å². The van der Waals surface area contributed by atoms with Gasteiger partial charge in [-0.05, 0) is 36.8 Å². The van der Waals surface area contributed by atoms with Crippen molar-refractivity contribution in [2.24, 2.45) is 5.92 Å². The number of ether oxygens (including phenoxy) is 1. The molecule has 0 aromatic carbocycles. The van der Waals surface area contributed by atoms with Crippen molar-refractivity contribution < 1.29 is 4.74 Å². The molecule has 0 saturated heterocycles. The number of rotatable bonds is 2. The lowest BCUT2D eigenvalue weighted by Gasteiger charge is -2.17. The lowest BCUT2D eigenvalue weighted by Crippen LogP contribution is -2.10. The maximum Gasteiger partial charge on any atom is 0.141 e. The minimum absolute atomic E-state index is 0.679. The molecule has 76 valence electrons. The molecule has 0 bridgehead atoms. The Bertz CT molecular complexity index is 320. The Hall–Kier alpha value is -1.05. The fourth-order valence-corrected chi connectivity index (χ4v) is 1.83. The molecule has 2 nitrogen and oxygen atoms in total. The van der Waals surface area contributed by atoms with Crippen LogP contribution < -0.4 is 4.74 Å². The Morgan fingerprint density at radius 2 is 2.36 bits per heavy atom. The van der Waals surface area contributed by atoms with Gasteiger partial charge in [0.2, 0.25) is 0 Å². The van der Waals surface area contributed by atoms with Crippen LogP contribution >= 0.6 is 0 Å². The Labute approximate surface area is 85.3 Å². The molecular formula is C12H17NO. The summed E-state index contributed by atoms with van der Waals surface area (Å²) in [6.07, 6.45) is 5.25. The second-order valence-corrected chi connectivity index (χ2v) is 4.34. The third-order valence-corrected chi connectivity index (χ3v) is 2.45. The Kier molecular flexibility index (Phi) is 2.71. The van der Waals surface area contributed by atoms with Crippen LogP contribution in [0.2, 0.25) is 0 Å². The van der Waals surface area contributed by atoms with E-state index in [4.69, 9.17) is 4.74 Å². The van der Waals surface area contributed by atoms with Crippen LogP contribution in [0.15, 0.2) is 12.3 Å². The Morgan fingerprint density at radius 3 is 3.14 bits per heavy atom. The molecule has 2 rings (SSSR count). The summed E-state index contributed by atoms with van der Waals surface area (Å²) in [6.45, 7) is 5.29. The number of nitrogens with zero attached hydrogens (tertiary/aromatic N) is 1. The number of hydrogen-bond donors (Lipinski definition) is 0. The summed E-state index contributed by atoms with van der Waals surface area (Å²) in [4.78, 5) is 4.45. The largest absolute Gasteiger partial charge is 0.492 e. The van der Waals surface area contributed by atoms with Crippen LogP contribution in [0.3, 0.4) is 0 Å². The van der Waals surface area contributed by atoms with Crippen LogP contribution in [-0.2, 0) is 12.8 Å². The van der Waals surface area contributed by atoms with E-state index in [0.717, 1.165) is 37.3 Å². The highest BCUT2D eigenvalue weighted by atomic mass is 16.5. The number of fused-ring (bicyclic) bond motifs is 1. The van der Waals surface area contributed by atoms with Gasteiger partial charge in [0, 0.05) is 6.20 Å². The first-order valence-corrected chi connectivity index (χ1v) is 5.36. The summed E-state index contributed by atoms with van der Waals surface area (Å²) in [5, 5.41) is 0. The molecule has 14 heavy (non-hydrogen) atoms. The van der Waals surface area contributed by atoms with E-state index in [2.05, 4.69) is 24.9 Å². The number of pyridine rings is 1. The zero-order valence-corrected chi connectivity index (χ0v) is 8.92. The molecular weight excluding hydrogens is 174 g/mol. The fourth-order valence-electron chi connectivity index (χ4n) is 1.83. The fraction of sp³-hybridized carbons (Fsp3) is 0.583. The Morgan fingerprint density at radius 1 is 1.50 bits per heavy atom. The van der Waals surface area contributed by atoms with Crippen LogP contribution in [0.25, 0.3) is 0 Å². The molecule has 0 atom stereocenters.